The van der Waals surface area contributed by atoms with E-state index in [0.29, 0.717) is 18.6 Å². The zero-order chi connectivity index (χ0) is 13.1. The smallest absolute Gasteiger partial charge is 0.0746 e. The first-order valence-electron chi connectivity index (χ1n) is 7.05. The Balaban J connectivity index is 1.75. The SMILES string of the molecule is OCC1CCCC1NCc1cccc2cccnc12. The zero-order valence-electron chi connectivity index (χ0n) is 11.0. The summed E-state index contributed by atoms with van der Waals surface area (Å²) >= 11 is 0. The molecule has 3 heteroatoms. The molecule has 2 aromatic rings. The van der Waals surface area contributed by atoms with Crippen LogP contribution in [0.2, 0.25) is 0 Å². The molecule has 1 aromatic carbocycles. The van der Waals surface area contributed by atoms with E-state index >= 15 is 0 Å². The summed E-state index contributed by atoms with van der Waals surface area (Å²) < 4.78 is 0. The largest absolute Gasteiger partial charge is 0.396 e. The third-order valence-electron chi connectivity index (χ3n) is 4.16. The van der Waals surface area contributed by atoms with Gasteiger partial charge in [0.15, 0.2) is 0 Å². The summed E-state index contributed by atoms with van der Waals surface area (Å²) in [5, 5.41) is 14.1. The van der Waals surface area contributed by atoms with Gasteiger partial charge in [-0.05, 0) is 30.4 Å². The molecule has 100 valence electrons. The lowest BCUT2D eigenvalue weighted by Gasteiger charge is -2.19. The van der Waals surface area contributed by atoms with Gasteiger partial charge in [-0.1, -0.05) is 30.7 Å². The maximum atomic E-state index is 9.35. The topological polar surface area (TPSA) is 45.1 Å². The van der Waals surface area contributed by atoms with E-state index in [2.05, 4.69) is 34.6 Å². The number of para-hydroxylation sites is 1. The summed E-state index contributed by atoms with van der Waals surface area (Å²) in [6.45, 7) is 1.13. The molecule has 1 aliphatic rings. The second kappa shape index (κ2) is 5.68. The first kappa shape index (κ1) is 12.6. The van der Waals surface area contributed by atoms with Crippen molar-refractivity contribution in [2.24, 2.45) is 5.92 Å². The van der Waals surface area contributed by atoms with E-state index < -0.39 is 0 Å². The van der Waals surface area contributed by atoms with Crippen molar-refractivity contribution >= 4 is 10.9 Å². The van der Waals surface area contributed by atoms with Crippen molar-refractivity contribution in [3.8, 4) is 0 Å². The van der Waals surface area contributed by atoms with Crippen LogP contribution in [0.5, 0.6) is 0 Å². The molecule has 0 saturated heterocycles. The molecule has 0 bridgehead atoms. The van der Waals surface area contributed by atoms with Crippen LogP contribution in [0.15, 0.2) is 36.5 Å². The molecule has 1 aromatic heterocycles. The van der Waals surface area contributed by atoms with Gasteiger partial charge in [0.2, 0.25) is 0 Å². The van der Waals surface area contributed by atoms with Crippen LogP contribution in [0.3, 0.4) is 0 Å². The number of nitrogens with one attached hydrogen (secondary N) is 1. The molecule has 1 fully saturated rings. The molecule has 1 heterocycles. The number of nitrogens with zero attached hydrogens (tertiary/aromatic N) is 1. The van der Waals surface area contributed by atoms with E-state index in [-0.39, 0.29) is 0 Å². The molecular formula is C16H20N2O. The zero-order valence-corrected chi connectivity index (χ0v) is 11.0. The normalized spacial score (nSPS) is 23.0. The van der Waals surface area contributed by atoms with E-state index in [4.69, 9.17) is 0 Å². The van der Waals surface area contributed by atoms with Crippen molar-refractivity contribution in [1.82, 2.24) is 10.3 Å². The Labute approximate surface area is 113 Å². The van der Waals surface area contributed by atoms with Crippen LogP contribution in [-0.2, 0) is 6.54 Å². The van der Waals surface area contributed by atoms with Gasteiger partial charge in [-0.15, -0.1) is 0 Å². The fourth-order valence-electron chi connectivity index (χ4n) is 3.08. The molecule has 0 radical (unpaired) electrons. The number of aliphatic hydroxyl groups excluding tert-OH is 1. The Hall–Kier alpha value is -1.45. The number of fused-ring (bicyclic) bond motifs is 1. The summed E-state index contributed by atoms with van der Waals surface area (Å²) in [6.07, 6.45) is 5.37. The average Bonchev–Trinajstić information content (AvgIpc) is 2.92. The third-order valence-corrected chi connectivity index (χ3v) is 4.16. The van der Waals surface area contributed by atoms with Crippen LogP contribution in [0.1, 0.15) is 24.8 Å². The third kappa shape index (κ3) is 2.62. The van der Waals surface area contributed by atoms with Gasteiger partial charge in [0.05, 0.1) is 5.52 Å². The second-order valence-corrected chi connectivity index (χ2v) is 5.35. The highest BCUT2D eigenvalue weighted by molar-refractivity contribution is 5.81. The highest BCUT2D eigenvalue weighted by Crippen LogP contribution is 2.25. The molecular weight excluding hydrogens is 236 g/mol. The van der Waals surface area contributed by atoms with Crippen LogP contribution in [0, 0.1) is 5.92 Å². The molecule has 19 heavy (non-hydrogen) atoms. The number of rotatable bonds is 4. The van der Waals surface area contributed by atoms with Crippen LogP contribution >= 0.6 is 0 Å². The van der Waals surface area contributed by atoms with Crippen molar-refractivity contribution in [2.75, 3.05) is 6.61 Å². The Kier molecular flexibility index (Phi) is 3.76. The Bertz CT molecular complexity index is 550. The lowest BCUT2D eigenvalue weighted by molar-refractivity contribution is 0.205. The van der Waals surface area contributed by atoms with Gasteiger partial charge in [0.1, 0.15) is 0 Å². The lowest BCUT2D eigenvalue weighted by atomic mass is 10.0. The van der Waals surface area contributed by atoms with Crippen molar-refractivity contribution in [3.05, 3.63) is 42.1 Å². The molecule has 3 nitrogen and oxygen atoms in total. The molecule has 3 rings (SSSR count). The quantitative estimate of drug-likeness (QED) is 0.883. The first-order valence-corrected chi connectivity index (χ1v) is 7.05. The number of pyridine rings is 1. The summed E-state index contributed by atoms with van der Waals surface area (Å²) in [4.78, 5) is 4.48. The summed E-state index contributed by atoms with van der Waals surface area (Å²) in [5.74, 6) is 0.419. The van der Waals surface area contributed by atoms with Crippen LogP contribution in [-0.4, -0.2) is 22.7 Å². The molecule has 0 aliphatic heterocycles. The van der Waals surface area contributed by atoms with Crippen molar-refractivity contribution in [1.29, 1.82) is 0 Å². The highest BCUT2D eigenvalue weighted by atomic mass is 16.3. The van der Waals surface area contributed by atoms with E-state index in [0.717, 1.165) is 18.5 Å². The van der Waals surface area contributed by atoms with Gasteiger partial charge in [0, 0.05) is 30.8 Å². The maximum absolute atomic E-state index is 9.35. The Morgan fingerprint density at radius 3 is 3.00 bits per heavy atom. The van der Waals surface area contributed by atoms with Crippen molar-refractivity contribution in [3.63, 3.8) is 0 Å². The second-order valence-electron chi connectivity index (χ2n) is 5.35. The minimum atomic E-state index is 0.297. The van der Waals surface area contributed by atoms with Gasteiger partial charge in [-0.2, -0.15) is 0 Å². The van der Waals surface area contributed by atoms with Crippen LogP contribution in [0.4, 0.5) is 0 Å². The van der Waals surface area contributed by atoms with Gasteiger partial charge in [0.25, 0.3) is 0 Å². The fraction of sp³-hybridized carbons (Fsp3) is 0.438. The summed E-state index contributed by atoms with van der Waals surface area (Å²) in [7, 11) is 0. The average molecular weight is 256 g/mol. The van der Waals surface area contributed by atoms with Crippen LogP contribution in [0.25, 0.3) is 10.9 Å². The van der Waals surface area contributed by atoms with E-state index in [1.165, 1.54) is 23.8 Å². The summed E-state index contributed by atoms with van der Waals surface area (Å²) in [6, 6.07) is 10.8. The highest BCUT2D eigenvalue weighted by Gasteiger charge is 2.25. The molecule has 2 atom stereocenters. The Morgan fingerprint density at radius 1 is 1.21 bits per heavy atom. The predicted molar refractivity (Wildman–Crippen MR) is 76.8 cm³/mol. The molecule has 2 unspecified atom stereocenters. The van der Waals surface area contributed by atoms with Crippen LogP contribution < -0.4 is 5.32 Å². The number of benzene rings is 1. The number of aromatic nitrogens is 1. The number of hydrogen-bond acceptors (Lipinski definition) is 3. The molecule has 0 spiro atoms. The standard InChI is InChI=1S/C16H20N2O/c19-11-14-6-2-8-15(14)18-10-13-5-1-4-12-7-3-9-17-16(12)13/h1,3-5,7,9,14-15,18-19H,2,6,8,10-11H2. The van der Waals surface area contributed by atoms with Crippen molar-refractivity contribution < 1.29 is 5.11 Å². The van der Waals surface area contributed by atoms with Gasteiger partial charge in [-0.3, -0.25) is 4.98 Å². The van der Waals surface area contributed by atoms with E-state index in [1.54, 1.807) is 0 Å². The molecule has 0 amide bonds. The number of aliphatic hydroxyl groups is 1. The minimum Gasteiger partial charge on any atom is -0.396 e. The van der Waals surface area contributed by atoms with Crippen molar-refractivity contribution in [2.45, 2.75) is 31.8 Å². The van der Waals surface area contributed by atoms with E-state index in [1.807, 2.05) is 12.3 Å². The number of hydrogen-bond donors (Lipinski definition) is 2. The van der Waals surface area contributed by atoms with Gasteiger partial charge >= 0.3 is 0 Å². The minimum absolute atomic E-state index is 0.297. The fourth-order valence-corrected chi connectivity index (χ4v) is 3.08. The maximum Gasteiger partial charge on any atom is 0.0746 e. The molecule has 1 saturated carbocycles. The summed E-state index contributed by atoms with van der Waals surface area (Å²) in [5.41, 5.74) is 2.32. The molecule has 2 N–H and O–H groups in total. The van der Waals surface area contributed by atoms with Gasteiger partial charge in [-0.25, -0.2) is 0 Å². The predicted octanol–water partition coefficient (Wildman–Crippen LogP) is 2.49. The monoisotopic (exact) mass is 256 g/mol. The first-order chi connectivity index (χ1) is 9.38. The molecule has 1 aliphatic carbocycles. The van der Waals surface area contributed by atoms with Gasteiger partial charge < -0.3 is 10.4 Å². The van der Waals surface area contributed by atoms with E-state index in [9.17, 15) is 5.11 Å². The Morgan fingerprint density at radius 2 is 2.11 bits per heavy atom. The lowest BCUT2D eigenvalue weighted by Crippen LogP contribution is -2.33.